The Morgan fingerprint density at radius 2 is 1.79 bits per heavy atom. The molecule has 1 aromatic rings. The first-order chi connectivity index (χ1) is 13.4. The molecular formula is C20H19ClN2O5. The standard InChI is InChI=1S/C20H19ClN2O5/c1-10(20(27)28-9-15(24)22-14-5-3-2-4-13(14)21)23-18(25)16-11-6-7-12(8-11)17(16)19(23)26/h2-7,10-12,16-17H,8-9H2,1H3,(H,22,24)/t10-,11-,12-,16-,17+/m0/s1. The van der Waals surface area contributed by atoms with E-state index in [1.807, 2.05) is 12.2 Å². The molecule has 0 aromatic heterocycles. The van der Waals surface area contributed by atoms with E-state index in [0.717, 1.165) is 11.3 Å². The third kappa shape index (κ3) is 2.99. The van der Waals surface area contributed by atoms with Gasteiger partial charge in [-0.25, -0.2) is 4.79 Å². The lowest BCUT2D eigenvalue weighted by atomic mass is 9.85. The van der Waals surface area contributed by atoms with Crippen LogP contribution in [-0.2, 0) is 23.9 Å². The molecule has 2 bridgehead atoms. The number of allylic oxidation sites excluding steroid dienone is 2. The predicted octanol–water partition coefficient (Wildman–Crippen LogP) is 2.02. The number of fused-ring (bicyclic) bond motifs is 5. The fraction of sp³-hybridized carbons (Fsp3) is 0.400. The van der Waals surface area contributed by atoms with Gasteiger partial charge in [0.1, 0.15) is 6.04 Å². The van der Waals surface area contributed by atoms with Crippen molar-refractivity contribution in [1.29, 1.82) is 0 Å². The van der Waals surface area contributed by atoms with Crippen molar-refractivity contribution < 1.29 is 23.9 Å². The summed E-state index contributed by atoms with van der Waals surface area (Å²) in [6.07, 6.45) is 4.80. The summed E-state index contributed by atoms with van der Waals surface area (Å²) in [7, 11) is 0. The number of nitrogens with zero attached hydrogens (tertiary/aromatic N) is 1. The summed E-state index contributed by atoms with van der Waals surface area (Å²) in [6.45, 7) is 0.908. The van der Waals surface area contributed by atoms with Gasteiger partial charge >= 0.3 is 5.97 Å². The third-order valence-electron chi connectivity index (χ3n) is 5.73. The van der Waals surface area contributed by atoms with E-state index in [0.29, 0.717) is 10.7 Å². The summed E-state index contributed by atoms with van der Waals surface area (Å²) in [5.74, 6) is -2.61. The van der Waals surface area contributed by atoms with Gasteiger partial charge in [-0.1, -0.05) is 35.9 Å². The smallest absolute Gasteiger partial charge is 0.329 e. The van der Waals surface area contributed by atoms with Gasteiger partial charge in [0.05, 0.1) is 22.5 Å². The normalized spacial score (nSPS) is 28.4. The second kappa shape index (κ2) is 7.05. The number of halogens is 1. The Morgan fingerprint density at radius 1 is 1.18 bits per heavy atom. The fourth-order valence-electron chi connectivity index (χ4n) is 4.42. The predicted molar refractivity (Wildman–Crippen MR) is 100 cm³/mol. The van der Waals surface area contributed by atoms with Crippen molar-refractivity contribution in [1.82, 2.24) is 4.90 Å². The second-order valence-corrected chi connectivity index (χ2v) is 7.77. The maximum absolute atomic E-state index is 12.7. The highest BCUT2D eigenvalue weighted by molar-refractivity contribution is 6.33. The van der Waals surface area contributed by atoms with Crippen LogP contribution in [0.25, 0.3) is 0 Å². The average Bonchev–Trinajstić information content (AvgIpc) is 3.35. The van der Waals surface area contributed by atoms with Gasteiger partial charge in [-0.3, -0.25) is 19.3 Å². The summed E-state index contributed by atoms with van der Waals surface area (Å²) in [5, 5.41) is 2.90. The highest BCUT2D eigenvalue weighted by atomic mass is 35.5. The van der Waals surface area contributed by atoms with Gasteiger partial charge in [0, 0.05) is 0 Å². The van der Waals surface area contributed by atoms with Crippen LogP contribution >= 0.6 is 11.6 Å². The molecule has 4 rings (SSSR count). The Kier molecular flexibility index (Phi) is 4.71. The monoisotopic (exact) mass is 402 g/mol. The number of hydrogen-bond acceptors (Lipinski definition) is 5. The van der Waals surface area contributed by atoms with Crippen LogP contribution in [0.15, 0.2) is 36.4 Å². The summed E-state index contributed by atoms with van der Waals surface area (Å²) in [6, 6.07) is 5.60. The molecule has 3 amide bonds. The van der Waals surface area contributed by atoms with E-state index in [2.05, 4.69) is 5.32 Å². The zero-order valence-electron chi connectivity index (χ0n) is 15.1. The van der Waals surface area contributed by atoms with Gasteiger partial charge in [-0.2, -0.15) is 0 Å². The van der Waals surface area contributed by atoms with Crippen molar-refractivity contribution >= 4 is 41.0 Å². The number of anilines is 1. The van der Waals surface area contributed by atoms with Crippen LogP contribution in [0, 0.1) is 23.7 Å². The molecule has 8 heteroatoms. The molecule has 1 N–H and O–H groups in total. The van der Waals surface area contributed by atoms with Gasteiger partial charge in [-0.15, -0.1) is 0 Å². The van der Waals surface area contributed by atoms with Gasteiger partial charge in [-0.05, 0) is 37.3 Å². The Labute approximate surface area is 166 Å². The van der Waals surface area contributed by atoms with Crippen molar-refractivity contribution in [2.24, 2.45) is 23.7 Å². The number of likely N-dealkylation sites (tertiary alicyclic amines) is 1. The first-order valence-electron chi connectivity index (χ1n) is 9.14. The Morgan fingerprint density at radius 3 is 2.39 bits per heavy atom. The molecule has 1 saturated heterocycles. The minimum Gasteiger partial charge on any atom is -0.454 e. The first kappa shape index (κ1) is 18.7. The summed E-state index contributed by atoms with van der Waals surface area (Å²) in [4.78, 5) is 50.8. The molecule has 146 valence electrons. The number of imide groups is 1. The number of carbonyl (C=O) groups is 4. The summed E-state index contributed by atoms with van der Waals surface area (Å²) < 4.78 is 5.02. The average molecular weight is 403 g/mol. The molecule has 0 spiro atoms. The van der Waals surface area contributed by atoms with E-state index in [1.54, 1.807) is 24.3 Å². The van der Waals surface area contributed by atoms with E-state index >= 15 is 0 Å². The maximum Gasteiger partial charge on any atom is 0.329 e. The lowest BCUT2D eigenvalue weighted by Crippen LogP contribution is -2.45. The first-order valence-corrected chi connectivity index (χ1v) is 9.52. The van der Waals surface area contributed by atoms with E-state index in [1.165, 1.54) is 6.92 Å². The number of benzene rings is 1. The number of esters is 1. The van der Waals surface area contributed by atoms with E-state index < -0.39 is 24.5 Å². The summed E-state index contributed by atoms with van der Waals surface area (Å²) >= 11 is 5.97. The van der Waals surface area contributed by atoms with Crippen LogP contribution in [0.4, 0.5) is 5.69 Å². The Bertz CT molecular complexity index is 868. The van der Waals surface area contributed by atoms with Crippen molar-refractivity contribution in [3.8, 4) is 0 Å². The lowest BCUT2D eigenvalue weighted by molar-refractivity contribution is -0.159. The number of nitrogens with one attached hydrogen (secondary N) is 1. The minimum absolute atomic E-state index is 0.0704. The van der Waals surface area contributed by atoms with E-state index in [4.69, 9.17) is 16.3 Å². The molecule has 3 aliphatic rings. The molecule has 1 aromatic carbocycles. The highest BCUT2D eigenvalue weighted by Gasteiger charge is 2.60. The molecule has 2 fully saturated rings. The zero-order valence-corrected chi connectivity index (χ0v) is 15.9. The SMILES string of the molecule is C[C@@H](C(=O)OCC(=O)Nc1ccccc1Cl)N1C(=O)[C@@H]2[C@H](C1=O)[C@H]1C=C[C@H]2C1. The number of ether oxygens (including phenoxy) is 1. The Hall–Kier alpha value is -2.67. The van der Waals surface area contributed by atoms with Crippen molar-refractivity contribution in [3.05, 3.63) is 41.4 Å². The van der Waals surface area contributed by atoms with Crippen LogP contribution in [0.5, 0.6) is 0 Å². The molecule has 1 aliphatic heterocycles. The fourth-order valence-corrected chi connectivity index (χ4v) is 4.60. The van der Waals surface area contributed by atoms with Crippen LogP contribution in [0.3, 0.4) is 0 Å². The topological polar surface area (TPSA) is 92.8 Å². The number of carbonyl (C=O) groups excluding carboxylic acids is 4. The Balaban J connectivity index is 1.35. The van der Waals surface area contributed by atoms with Crippen molar-refractivity contribution in [2.75, 3.05) is 11.9 Å². The largest absolute Gasteiger partial charge is 0.454 e. The van der Waals surface area contributed by atoms with Crippen LogP contribution < -0.4 is 5.32 Å². The molecule has 0 radical (unpaired) electrons. The van der Waals surface area contributed by atoms with Gasteiger partial charge < -0.3 is 10.1 Å². The van der Waals surface area contributed by atoms with Crippen molar-refractivity contribution in [2.45, 2.75) is 19.4 Å². The number of para-hydroxylation sites is 1. The molecule has 0 unspecified atom stereocenters. The highest BCUT2D eigenvalue weighted by Crippen LogP contribution is 2.52. The quantitative estimate of drug-likeness (QED) is 0.462. The van der Waals surface area contributed by atoms with Gasteiger partial charge in [0.25, 0.3) is 5.91 Å². The molecule has 7 nitrogen and oxygen atoms in total. The van der Waals surface area contributed by atoms with Crippen LogP contribution in [0.1, 0.15) is 13.3 Å². The van der Waals surface area contributed by atoms with Crippen LogP contribution in [0.2, 0.25) is 5.02 Å². The number of hydrogen-bond donors (Lipinski definition) is 1. The molecule has 28 heavy (non-hydrogen) atoms. The van der Waals surface area contributed by atoms with Crippen molar-refractivity contribution in [3.63, 3.8) is 0 Å². The number of amides is 3. The molecule has 2 aliphatic carbocycles. The minimum atomic E-state index is -1.07. The zero-order chi connectivity index (χ0) is 20.0. The van der Waals surface area contributed by atoms with E-state index in [-0.39, 0.29) is 35.5 Å². The third-order valence-corrected chi connectivity index (χ3v) is 6.06. The number of rotatable bonds is 5. The summed E-state index contributed by atoms with van der Waals surface area (Å²) in [5.41, 5.74) is 0.402. The molecule has 1 heterocycles. The second-order valence-electron chi connectivity index (χ2n) is 7.36. The lowest BCUT2D eigenvalue weighted by Gasteiger charge is -2.23. The van der Waals surface area contributed by atoms with E-state index in [9.17, 15) is 19.2 Å². The molecular weight excluding hydrogens is 384 g/mol. The maximum atomic E-state index is 12.7. The molecule has 1 saturated carbocycles. The van der Waals surface area contributed by atoms with Crippen LogP contribution in [-0.4, -0.2) is 41.2 Å². The van der Waals surface area contributed by atoms with Gasteiger partial charge in [0.15, 0.2) is 6.61 Å². The molecule has 5 atom stereocenters. The van der Waals surface area contributed by atoms with Gasteiger partial charge in [0.2, 0.25) is 11.8 Å².